The van der Waals surface area contributed by atoms with Crippen LogP contribution in [0.1, 0.15) is 17.7 Å². The molecule has 92 valence electrons. The molecule has 0 radical (unpaired) electrons. The standard InChI is InChI=1S/C10H15ClN2OS.ClH/c11-9-4-2-8(15-9)3-5-10(14)13-7-1-6-12;/h2,4H,1,3,5-7,12H2,(H,13,14);1H. The normalized spacial score (nSPS) is 9.62. The molecule has 1 aromatic rings. The summed E-state index contributed by atoms with van der Waals surface area (Å²) in [5.74, 6) is 0.0768. The predicted octanol–water partition coefficient (Wildman–Crippen LogP) is 2.22. The lowest BCUT2D eigenvalue weighted by molar-refractivity contribution is -0.121. The van der Waals surface area contributed by atoms with Crippen LogP contribution in [0.5, 0.6) is 0 Å². The number of thiophene rings is 1. The van der Waals surface area contributed by atoms with Crippen molar-refractivity contribution in [2.24, 2.45) is 5.73 Å². The van der Waals surface area contributed by atoms with Gasteiger partial charge in [-0.25, -0.2) is 0 Å². The third-order valence-corrected chi connectivity index (χ3v) is 3.22. The first-order valence-corrected chi connectivity index (χ1v) is 6.13. The molecule has 6 heteroatoms. The van der Waals surface area contributed by atoms with E-state index >= 15 is 0 Å². The summed E-state index contributed by atoms with van der Waals surface area (Å²) >= 11 is 7.31. The molecule has 1 heterocycles. The Hall–Kier alpha value is -0.290. The Morgan fingerprint density at radius 1 is 1.50 bits per heavy atom. The van der Waals surface area contributed by atoms with Crippen LogP contribution in [0.2, 0.25) is 4.34 Å². The molecule has 0 aliphatic heterocycles. The van der Waals surface area contributed by atoms with Gasteiger partial charge in [-0.15, -0.1) is 23.7 Å². The van der Waals surface area contributed by atoms with Gasteiger partial charge in [0.25, 0.3) is 0 Å². The van der Waals surface area contributed by atoms with E-state index in [1.54, 1.807) is 0 Å². The van der Waals surface area contributed by atoms with Crippen LogP contribution in [0.15, 0.2) is 12.1 Å². The molecule has 0 spiro atoms. The number of hydrogen-bond donors (Lipinski definition) is 2. The van der Waals surface area contributed by atoms with Crippen molar-refractivity contribution < 1.29 is 4.79 Å². The molecule has 0 saturated heterocycles. The molecule has 0 atom stereocenters. The summed E-state index contributed by atoms with van der Waals surface area (Å²) in [5, 5.41) is 2.81. The van der Waals surface area contributed by atoms with Crippen LogP contribution >= 0.6 is 35.3 Å². The molecule has 0 aliphatic carbocycles. The van der Waals surface area contributed by atoms with E-state index in [4.69, 9.17) is 17.3 Å². The van der Waals surface area contributed by atoms with Crippen molar-refractivity contribution >= 4 is 41.3 Å². The van der Waals surface area contributed by atoms with Crippen molar-refractivity contribution in [2.75, 3.05) is 13.1 Å². The molecule has 3 nitrogen and oxygen atoms in total. The molecule has 16 heavy (non-hydrogen) atoms. The number of aryl methyl sites for hydroxylation is 1. The summed E-state index contributed by atoms with van der Waals surface area (Å²) in [7, 11) is 0. The van der Waals surface area contributed by atoms with Gasteiger partial charge in [0.1, 0.15) is 0 Å². The third kappa shape index (κ3) is 6.33. The molecule has 0 aromatic carbocycles. The van der Waals surface area contributed by atoms with Crippen molar-refractivity contribution in [2.45, 2.75) is 19.3 Å². The average molecular weight is 283 g/mol. The zero-order chi connectivity index (χ0) is 11.1. The topological polar surface area (TPSA) is 55.1 Å². The fourth-order valence-electron chi connectivity index (χ4n) is 1.14. The zero-order valence-electron chi connectivity index (χ0n) is 8.87. The second-order valence-electron chi connectivity index (χ2n) is 3.20. The van der Waals surface area contributed by atoms with Gasteiger partial charge in [0.05, 0.1) is 4.34 Å². The zero-order valence-corrected chi connectivity index (χ0v) is 11.3. The van der Waals surface area contributed by atoms with Crippen LogP contribution < -0.4 is 11.1 Å². The van der Waals surface area contributed by atoms with Gasteiger partial charge in [-0.2, -0.15) is 0 Å². The van der Waals surface area contributed by atoms with Crippen LogP contribution in [0, 0.1) is 0 Å². The van der Waals surface area contributed by atoms with Gasteiger partial charge in [0, 0.05) is 17.8 Å². The van der Waals surface area contributed by atoms with Crippen LogP contribution in [0.25, 0.3) is 0 Å². The fraction of sp³-hybridized carbons (Fsp3) is 0.500. The van der Waals surface area contributed by atoms with Crippen molar-refractivity contribution in [1.29, 1.82) is 0 Å². The van der Waals surface area contributed by atoms with E-state index in [0.717, 1.165) is 22.1 Å². The Morgan fingerprint density at radius 3 is 2.81 bits per heavy atom. The van der Waals surface area contributed by atoms with Crippen LogP contribution in [0.3, 0.4) is 0 Å². The van der Waals surface area contributed by atoms with Crippen LogP contribution in [-0.2, 0) is 11.2 Å². The van der Waals surface area contributed by atoms with Gasteiger partial charge in [0.2, 0.25) is 5.91 Å². The SMILES string of the molecule is Cl.NCCCNC(=O)CCc1ccc(Cl)s1. The minimum atomic E-state index is 0. The lowest BCUT2D eigenvalue weighted by Gasteiger charge is -2.02. The van der Waals surface area contributed by atoms with Crippen molar-refractivity contribution in [3.05, 3.63) is 21.3 Å². The highest BCUT2D eigenvalue weighted by Gasteiger charge is 2.03. The smallest absolute Gasteiger partial charge is 0.220 e. The molecular weight excluding hydrogens is 267 g/mol. The monoisotopic (exact) mass is 282 g/mol. The first-order chi connectivity index (χ1) is 7.22. The molecule has 0 unspecified atom stereocenters. The van der Waals surface area contributed by atoms with E-state index in [1.807, 2.05) is 12.1 Å². The number of carbonyl (C=O) groups is 1. The first-order valence-electron chi connectivity index (χ1n) is 4.93. The average Bonchev–Trinajstić information content (AvgIpc) is 2.62. The van der Waals surface area contributed by atoms with Gasteiger partial charge in [-0.3, -0.25) is 4.79 Å². The summed E-state index contributed by atoms with van der Waals surface area (Å²) < 4.78 is 0.772. The lowest BCUT2D eigenvalue weighted by Crippen LogP contribution is -2.25. The Bertz CT molecular complexity index is 318. The summed E-state index contributed by atoms with van der Waals surface area (Å²) in [6.07, 6.45) is 2.10. The predicted molar refractivity (Wildman–Crippen MR) is 71.6 cm³/mol. The minimum absolute atomic E-state index is 0. The Kier molecular flexibility index (Phi) is 8.66. The van der Waals surface area contributed by atoms with Crippen LogP contribution in [-0.4, -0.2) is 19.0 Å². The quantitative estimate of drug-likeness (QED) is 0.786. The highest BCUT2D eigenvalue weighted by Crippen LogP contribution is 2.22. The van der Waals surface area contributed by atoms with Crippen molar-refractivity contribution in [1.82, 2.24) is 5.32 Å². The number of halogens is 2. The minimum Gasteiger partial charge on any atom is -0.356 e. The largest absolute Gasteiger partial charge is 0.356 e. The molecule has 3 N–H and O–H groups in total. The summed E-state index contributed by atoms with van der Waals surface area (Å²) in [6, 6.07) is 3.81. The molecule has 0 fully saturated rings. The number of hydrogen-bond acceptors (Lipinski definition) is 3. The number of nitrogens with one attached hydrogen (secondary N) is 1. The number of nitrogens with two attached hydrogens (primary N) is 1. The second-order valence-corrected chi connectivity index (χ2v) is 5.00. The molecule has 0 bridgehead atoms. The van der Waals surface area contributed by atoms with E-state index in [9.17, 15) is 4.79 Å². The molecule has 1 aromatic heterocycles. The van der Waals surface area contributed by atoms with E-state index in [2.05, 4.69) is 5.32 Å². The summed E-state index contributed by atoms with van der Waals surface area (Å²) in [5.41, 5.74) is 5.32. The number of carbonyl (C=O) groups excluding carboxylic acids is 1. The van der Waals surface area contributed by atoms with Gasteiger partial charge < -0.3 is 11.1 Å². The summed E-state index contributed by atoms with van der Waals surface area (Å²) in [6.45, 7) is 1.28. The summed E-state index contributed by atoms with van der Waals surface area (Å²) in [4.78, 5) is 12.5. The van der Waals surface area contributed by atoms with Gasteiger partial charge in [-0.05, 0) is 31.5 Å². The maximum Gasteiger partial charge on any atom is 0.220 e. The maximum absolute atomic E-state index is 11.3. The van der Waals surface area contributed by atoms with Gasteiger partial charge in [0.15, 0.2) is 0 Å². The van der Waals surface area contributed by atoms with Crippen molar-refractivity contribution in [3.8, 4) is 0 Å². The highest BCUT2D eigenvalue weighted by atomic mass is 35.5. The molecule has 0 aliphatic rings. The maximum atomic E-state index is 11.3. The van der Waals surface area contributed by atoms with E-state index < -0.39 is 0 Å². The molecular formula is C10H16Cl2N2OS. The fourth-order valence-corrected chi connectivity index (χ4v) is 2.23. The van der Waals surface area contributed by atoms with Crippen molar-refractivity contribution in [3.63, 3.8) is 0 Å². The molecule has 1 rings (SSSR count). The molecule has 0 saturated carbocycles. The van der Waals surface area contributed by atoms with Gasteiger partial charge >= 0.3 is 0 Å². The number of rotatable bonds is 6. The first kappa shape index (κ1) is 15.7. The lowest BCUT2D eigenvalue weighted by atomic mass is 10.2. The third-order valence-electron chi connectivity index (χ3n) is 1.93. The molecule has 1 amide bonds. The van der Waals surface area contributed by atoms with Gasteiger partial charge in [-0.1, -0.05) is 11.6 Å². The highest BCUT2D eigenvalue weighted by molar-refractivity contribution is 7.16. The Morgan fingerprint density at radius 2 is 2.25 bits per heavy atom. The van der Waals surface area contributed by atoms with E-state index in [1.165, 1.54) is 11.3 Å². The second kappa shape index (κ2) is 8.82. The Labute approximate surface area is 111 Å². The van der Waals surface area contributed by atoms with E-state index in [-0.39, 0.29) is 18.3 Å². The van der Waals surface area contributed by atoms with E-state index in [0.29, 0.717) is 19.5 Å². The Balaban J connectivity index is 0.00000225. The van der Waals surface area contributed by atoms with Crippen LogP contribution in [0.4, 0.5) is 0 Å². The number of amides is 1.